The second-order valence-electron chi connectivity index (χ2n) is 10.9. The first-order chi connectivity index (χ1) is 20.6. The molecule has 238 valence electrons. The number of ether oxygens (including phenoxy) is 2. The quantitative estimate of drug-likeness (QED) is 0.214. The predicted octanol–water partition coefficient (Wildman–Crippen LogP) is 4.24. The summed E-state index contributed by atoms with van der Waals surface area (Å²) in [6, 6.07) is 17.3. The Balaban J connectivity index is 0.00000264. The van der Waals surface area contributed by atoms with Crippen molar-refractivity contribution in [3.63, 3.8) is 0 Å². The van der Waals surface area contributed by atoms with E-state index >= 15 is 0 Å². The van der Waals surface area contributed by atoms with Crippen LogP contribution in [-0.2, 0) is 16.5 Å². The standard InChI is InChI=1S/C34H42N4O4.Ni.H2O/c39-33-13-11-29(41-21-19-37-15-5-1-6-16-37)23-27(33)25-35-31-9-3-4-10-32(31)36-26-28-24-30(12-14-34(28)40)42-22-20-38-17-7-2-8-18-38;;/h3-4,9-14,23-26,39-40H,1-2,5-8,15-22H2;;1H2/q;+2;/p-2. The van der Waals surface area contributed by atoms with Crippen LogP contribution in [0.2, 0.25) is 0 Å². The third kappa shape index (κ3) is 10.6. The van der Waals surface area contributed by atoms with E-state index in [9.17, 15) is 10.2 Å². The van der Waals surface area contributed by atoms with Crippen molar-refractivity contribution in [1.82, 2.24) is 9.80 Å². The number of hydrogen-bond acceptors (Lipinski definition) is 8. The molecule has 2 fully saturated rings. The van der Waals surface area contributed by atoms with E-state index in [1.54, 1.807) is 36.7 Å². The largest absolute Gasteiger partial charge is 2.00 e. The molecule has 3 aromatic rings. The maximum atomic E-state index is 12.5. The molecular weight excluding hydrogens is 603 g/mol. The number of para-hydroxylation sites is 2. The Morgan fingerprint density at radius 1 is 0.614 bits per heavy atom. The van der Waals surface area contributed by atoms with Gasteiger partial charge in [-0.25, -0.2) is 0 Å². The average Bonchev–Trinajstić information content (AvgIpc) is 3.03. The number of aliphatic imine (C=N–C) groups is 2. The van der Waals surface area contributed by atoms with Crippen LogP contribution in [0.3, 0.4) is 0 Å². The summed E-state index contributed by atoms with van der Waals surface area (Å²) in [6.07, 6.45) is 10.7. The maximum absolute atomic E-state index is 12.5. The Labute approximate surface area is 270 Å². The van der Waals surface area contributed by atoms with E-state index < -0.39 is 0 Å². The van der Waals surface area contributed by atoms with E-state index in [1.165, 1.54) is 50.7 Å². The van der Waals surface area contributed by atoms with Gasteiger partial charge in [0.25, 0.3) is 0 Å². The fourth-order valence-corrected chi connectivity index (χ4v) is 5.35. The van der Waals surface area contributed by atoms with Crippen LogP contribution in [0, 0.1) is 0 Å². The molecule has 2 saturated heterocycles. The molecule has 5 rings (SSSR count). The van der Waals surface area contributed by atoms with Crippen LogP contribution in [0.5, 0.6) is 23.0 Å². The summed E-state index contributed by atoms with van der Waals surface area (Å²) in [5.41, 5.74) is 2.07. The summed E-state index contributed by atoms with van der Waals surface area (Å²) in [5, 5.41) is 25.0. The summed E-state index contributed by atoms with van der Waals surface area (Å²) in [5.74, 6) is 1.05. The fraction of sp³-hybridized carbons (Fsp3) is 0.412. The molecule has 0 bridgehead atoms. The number of piperidine rings is 2. The van der Waals surface area contributed by atoms with Gasteiger partial charge >= 0.3 is 16.5 Å². The summed E-state index contributed by atoms with van der Waals surface area (Å²) in [7, 11) is 0. The van der Waals surface area contributed by atoms with Gasteiger partial charge in [-0.15, -0.1) is 0 Å². The minimum Gasteiger partial charge on any atom is -0.872 e. The second-order valence-corrected chi connectivity index (χ2v) is 10.9. The Morgan fingerprint density at radius 3 is 1.43 bits per heavy atom. The third-order valence-corrected chi connectivity index (χ3v) is 7.78. The van der Waals surface area contributed by atoms with Gasteiger partial charge < -0.3 is 25.2 Å². The molecule has 0 saturated carbocycles. The van der Waals surface area contributed by atoms with Crippen LogP contribution >= 0.6 is 0 Å². The summed E-state index contributed by atoms with van der Waals surface area (Å²) in [4.78, 5) is 14.0. The van der Waals surface area contributed by atoms with Crippen molar-refractivity contribution >= 4 is 23.8 Å². The number of benzene rings is 3. The van der Waals surface area contributed by atoms with Crippen molar-refractivity contribution in [2.75, 3.05) is 52.5 Å². The molecule has 0 aromatic heterocycles. The van der Waals surface area contributed by atoms with Crippen molar-refractivity contribution in [3.8, 4) is 23.0 Å². The zero-order chi connectivity index (χ0) is 29.0. The SMILES string of the molecule is O.[Ni+2].[O-]c1ccc(OCCN2CCCCC2)cc1C=Nc1ccccc1N=Cc1cc(OCCN2CCCCC2)ccc1[O-]. The molecular formula is C34H42N4NiO5. The molecule has 0 unspecified atom stereocenters. The molecule has 44 heavy (non-hydrogen) atoms. The van der Waals surface area contributed by atoms with Gasteiger partial charge in [-0.1, -0.05) is 48.6 Å². The van der Waals surface area contributed by atoms with E-state index in [1.807, 2.05) is 24.3 Å². The fourth-order valence-electron chi connectivity index (χ4n) is 5.35. The van der Waals surface area contributed by atoms with E-state index in [0.29, 0.717) is 47.2 Å². The number of hydrogen-bond donors (Lipinski definition) is 0. The monoisotopic (exact) mass is 644 g/mol. The Morgan fingerprint density at radius 2 is 1.02 bits per heavy atom. The molecule has 0 spiro atoms. The van der Waals surface area contributed by atoms with Gasteiger partial charge in [0, 0.05) is 25.5 Å². The van der Waals surface area contributed by atoms with E-state index in [-0.39, 0.29) is 33.5 Å². The van der Waals surface area contributed by atoms with Crippen molar-refractivity contribution in [2.45, 2.75) is 38.5 Å². The van der Waals surface area contributed by atoms with Crippen LogP contribution in [0.4, 0.5) is 11.4 Å². The molecule has 2 heterocycles. The number of nitrogens with zero attached hydrogens (tertiary/aromatic N) is 4. The first-order valence-electron chi connectivity index (χ1n) is 15.1. The normalized spacial score (nSPS) is 16.0. The zero-order valence-electron chi connectivity index (χ0n) is 25.1. The molecule has 0 aliphatic carbocycles. The number of likely N-dealkylation sites (tertiary alicyclic amines) is 2. The predicted molar refractivity (Wildman–Crippen MR) is 168 cm³/mol. The maximum Gasteiger partial charge on any atom is 2.00 e. The van der Waals surface area contributed by atoms with Crippen molar-refractivity contribution in [1.29, 1.82) is 0 Å². The molecule has 10 heteroatoms. The van der Waals surface area contributed by atoms with Crippen LogP contribution in [0.25, 0.3) is 0 Å². The molecule has 0 atom stereocenters. The molecule has 2 aliphatic rings. The van der Waals surface area contributed by atoms with E-state index in [4.69, 9.17) is 9.47 Å². The molecule has 2 aliphatic heterocycles. The van der Waals surface area contributed by atoms with E-state index in [2.05, 4.69) is 19.8 Å². The molecule has 9 nitrogen and oxygen atoms in total. The summed E-state index contributed by atoms with van der Waals surface area (Å²) in [6.45, 7) is 7.41. The topological polar surface area (TPSA) is 127 Å². The Kier molecular flexibility index (Phi) is 14.7. The van der Waals surface area contributed by atoms with Crippen LogP contribution in [0.15, 0.2) is 70.6 Å². The van der Waals surface area contributed by atoms with Crippen LogP contribution < -0.4 is 19.7 Å². The van der Waals surface area contributed by atoms with Crippen molar-refractivity contribution in [3.05, 3.63) is 71.8 Å². The smallest absolute Gasteiger partial charge is 0.872 e. The van der Waals surface area contributed by atoms with E-state index in [0.717, 1.165) is 39.3 Å². The van der Waals surface area contributed by atoms with Gasteiger partial charge in [0.05, 0.1) is 11.4 Å². The van der Waals surface area contributed by atoms with Gasteiger partial charge in [0.15, 0.2) is 0 Å². The number of rotatable bonds is 12. The van der Waals surface area contributed by atoms with Crippen LogP contribution in [-0.4, -0.2) is 80.2 Å². The minimum atomic E-state index is -0.129. The minimum absolute atomic E-state index is 0. The Bertz CT molecular complexity index is 1250. The first kappa shape index (κ1) is 35.1. The zero-order valence-corrected chi connectivity index (χ0v) is 26.1. The average molecular weight is 645 g/mol. The molecule has 2 N–H and O–H groups in total. The van der Waals surface area contributed by atoms with Gasteiger partial charge in [0.1, 0.15) is 24.7 Å². The molecule has 0 amide bonds. The van der Waals surface area contributed by atoms with Gasteiger partial charge in [-0.2, -0.15) is 0 Å². The Hall–Kier alpha value is -3.43. The van der Waals surface area contributed by atoms with Gasteiger partial charge in [-0.05, 0) is 99.4 Å². The van der Waals surface area contributed by atoms with Crippen molar-refractivity contribution < 1.29 is 41.7 Å². The van der Waals surface area contributed by atoms with Crippen molar-refractivity contribution in [2.24, 2.45) is 9.98 Å². The van der Waals surface area contributed by atoms with Gasteiger partial charge in [-0.3, -0.25) is 19.8 Å². The second kappa shape index (κ2) is 18.4. The van der Waals surface area contributed by atoms with Gasteiger partial charge in [0.2, 0.25) is 0 Å². The molecule has 3 aromatic carbocycles. The van der Waals surface area contributed by atoms with Crippen LogP contribution in [0.1, 0.15) is 49.7 Å². The molecule has 0 radical (unpaired) electrons. The summed E-state index contributed by atoms with van der Waals surface area (Å²) >= 11 is 0. The summed E-state index contributed by atoms with van der Waals surface area (Å²) < 4.78 is 11.9. The third-order valence-electron chi connectivity index (χ3n) is 7.78. The first-order valence-corrected chi connectivity index (χ1v) is 15.1.